The van der Waals surface area contributed by atoms with Crippen molar-refractivity contribution in [3.05, 3.63) is 29.6 Å². The Morgan fingerprint density at radius 3 is 2.63 bits per heavy atom. The minimum Gasteiger partial charge on any atom is -0.314 e. The van der Waals surface area contributed by atoms with Crippen LogP contribution in [-0.4, -0.2) is 26.8 Å². The summed E-state index contributed by atoms with van der Waals surface area (Å²) in [7, 11) is -3.50. The summed E-state index contributed by atoms with van der Waals surface area (Å²) in [6, 6.07) is 4.66. The number of hydrogen-bond acceptors (Lipinski definition) is 3. The van der Waals surface area contributed by atoms with Crippen LogP contribution in [0.4, 0.5) is 10.1 Å². The lowest BCUT2D eigenvalue weighted by Crippen LogP contribution is -2.26. The van der Waals surface area contributed by atoms with Crippen molar-refractivity contribution in [2.24, 2.45) is 0 Å². The average Bonchev–Trinajstić information content (AvgIpc) is 2.29. The fourth-order valence-corrected chi connectivity index (χ4v) is 2.71. The van der Waals surface area contributed by atoms with Crippen molar-refractivity contribution >= 4 is 15.7 Å². The van der Waals surface area contributed by atoms with E-state index < -0.39 is 15.8 Å². The van der Waals surface area contributed by atoms with Gasteiger partial charge in [-0.3, -0.25) is 4.72 Å². The van der Waals surface area contributed by atoms with Crippen LogP contribution in [-0.2, 0) is 10.0 Å². The molecule has 0 aliphatic carbocycles. The van der Waals surface area contributed by atoms with E-state index >= 15 is 0 Å². The van der Waals surface area contributed by atoms with E-state index in [0.29, 0.717) is 19.0 Å². The molecular formula is C13H21FN2O2S. The summed E-state index contributed by atoms with van der Waals surface area (Å²) >= 11 is 0. The fraction of sp³-hybridized carbons (Fsp3) is 0.538. The Balaban J connectivity index is 2.57. The molecule has 0 spiro atoms. The molecular weight excluding hydrogens is 267 g/mol. The quantitative estimate of drug-likeness (QED) is 0.757. The first-order chi connectivity index (χ1) is 8.80. The molecule has 2 N–H and O–H groups in total. The van der Waals surface area contributed by atoms with E-state index in [1.807, 2.05) is 13.8 Å². The molecule has 1 rings (SSSR count). The summed E-state index contributed by atoms with van der Waals surface area (Å²) < 4.78 is 39.3. The molecule has 0 heterocycles. The van der Waals surface area contributed by atoms with Gasteiger partial charge in [-0.15, -0.1) is 0 Å². The zero-order valence-corrected chi connectivity index (χ0v) is 12.3. The number of anilines is 1. The van der Waals surface area contributed by atoms with Gasteiger partial charge < -0.3 is 5.32 Å². The van der Waals surface area contributed by atoms with Crippen molar-refractivity contribution in [2.75, 3.05) is 17.0 Å². The molecule has 108 valence electrons. The Kier molecular flexibility index (Phi) is 5.75. The predicted octanol–water partition coefficient (Wildman–Crippen LogP) is 2.26. The minimum absolute atomic E-state index is 0.0109. The first-order valence-corrected chi connectivity index (χ1v) is 7.95. The highest BCUT2D eigenvalue weighted by molar-refractivity contribution is 7.92. The van der Waals surface area contributed by atoms with Gasteiger partial charge in [-0.25, -0.2) is 12.8 Å². The van der Waals surface area contributed by atoms with Crippen molar-refractivity contribution in [3.63, 3.8) is 0 Å². The van der Waals surface area contributed by atoms with Gasteiger partial charge in [0.2, 0.25) is 10.0 Å². The smallest absolute Gasteiger partial charge is 0.232 e. The maximum atomic E-state index is 13.5. The van der Waals surface area contributed by atoms with Gasteiger partial charge in [-0.2, -0.15) is 0 Å². The number of hydrogen-bond donors (Lipinski definition) is 2. The maximum absolute atomic E-state index is 13.5. The summed E-state index contributed by atoms with van der Waals surface area (Å²) in [5.74, 6) is -0.588. The van der Waals surface area contributed by atoms with Crippen LogP contribution in [0, 0.1) is 12.7 Å². The van der Waals surface area contributed by atoms with Crippen molar-refractivity contribution < 1.29 is 12.8 Å². The second-order valence-electron chi connectivity index (χ2n) is 4.87. The Morgan fingerprint density at radius 1 is 1.32 bits per heavy atom. The molecule has 0 radical (unpaired) electrons. The molecule has 0 bridgehead atoms. The Labute approximate surface area is 114 Å². The third kappa shape index (κ3) is 6.02. The number of halogens is 1. The molecule has 1 aromatic carbocycles. The van der Waals surface area contributed by atoms with E-state index in [0.717, 1.165) is 5.56 Å². The first kappa shape index (κ1) is 15.9. The highest BCUT2D eigenvalue weighted by Crippen LogP contribution is 2.17. The Bertz CT molecular complexity index is 515. The monoisotopic (exact) mass is 288 g/mol. The molecule has 0 unspecified atom stereocenters. The molecule has 19 heavy (non-hydrogen) atoms. The standard InChI is InChI=1S/C13H21FN2O2S/c1-10(2)15-7-4-8-19(17,18)16-13-9-11(3)5-6-12(13)14/h5-6,9-10,15-16H,4,7-8H2,1-3H3. The zero-order valence-electron chi connectivity index (χ0n) is 11.5. The molecule has 0 aliphatic heterocycles. The number of sulfonamides is 1. The van der Waals surface area contributed by atoms with Crippen LogP contribution < -0.4 is 10.0 Å². The topological polar surface area (TPSA) is 58.2 Å². The van der Waals surface area contributed by atoms with Crippen molar-refractivity contribution in [3.8, 4) is 0 Å². The Morgan fingerprint density at radius 2 is 2.00 bits per heavy atom. The molecule has 0 aromatic heterocycles. The largest absolute Gasteiger partial charge is 0.314 e. The Hall–Kier alpha value is -1.14. The first-order valence-electron chi connectivity index (χ1n) is 6.30. The van der Waals surface area contributed by atoms with Crippen molar-refractivity contribution in [2.45, 2.75) is 33.2 Å². The van der Waals surface area contributed by atoms with Gasteiger partial charge in [0.1, 0.15) is 5.82 Å². The number of nitrogens with one attached hydrogen (secondary N) is 2. The normalized spacial score (nSPS) is 11.8. The van der Waals surface area contributed by atoms with E-state index in [1.165, 1.54) is 12.1 Å². The van der Waals surface area contributed by atoms with E-state index in [2.05, 4.69) is 10.0 Å². The summed E-state index contributed by atoms with van der Waals surface area (Å²) in [5, 5.41) is 3.14. The summed E-state index contributed by atoms with van der Waals surface area (Å²) in [4.78, 5) is 0. The van der Waals surface area contributed by atoms with E-state index in [1.54, 1.807) is 13.0 Å². The van der Waals surface area contributed by atoms with Crippen molar-refractivity contribution in [1.29, 1.82) is 0 Å². The third-order valence-corrected chi connectivity index (χ3v) is 3.89. The predicted molar refractivity (Wildman–Crippen MR) is 76.3 cm³/mol. The molecule has 0 aliphatic rings. The number of rotatable bonds is 7. The molecule has 0 amide bonds. The average molecular weight is 288 g/mol. The van der Waals surface area contributed by atoms with E-state index in [9.17, 15) is 12.8 Å². The van der Waals surface area contributed by atoms with E-state index in [-0.39, 0.29) is 11.4 Å². The van der Waals surface area contributed by atoms with Gasteiger partial charge >= 0.3 is 0 Å². The van der Waals surface area contributed by atoms with Crippen LogP contribution in [0.25, 0.3) is 0 Å². The minimum atomic E-state index is -3.50. The SMILES string of the molecule is Cc1ccc(F)c(NS(=O)(=O)CCCNC(C)C)c1. The molecule has 0 atom stereocenters. The number of benzene rings is 1. The van der Waals surface area contributed by atoms with Gasteiger partial charge in [0.05, 0.1) is 11.4 Å². The summed E-state index contributed by atoms with van der Waals surface area (Å²) in [6.45, 7) is 6.39. The number of aryl methyl sites for hydroxylation is 1. The van der Waals surface area contributed by atoms with Crippen molar-refractivity contribution in [1.82, 2.24) is 5.32 Å². The molecule has 0 saturated heterocycles. The summed E-state index contributed by atoms with van der Waals surface area (Å²) in [6.07, 6.45) is 0.487. The van der Waals surface area contributed by atoms with Gasteiger partial charge in [0.25, 0.3) is 0 Å². The molecule has 1 aromatic rings. The summed E-state index contributed by atoms with van der Waals surface area (Å²) in [5.41, 5.74) is 0.817. The molecule has 6 heteroatoms. The lowest BCUT2D eigenvalue weighted by atomic mass is 10.2. The van der Waals surface area contributed by atoms with Crippen LogP contribution in [0.2, 0.25) is 0 Å². The lowest BCUT2D eigenvalue weighted by molar-refractivity contribution is 0.570. The fourth-order valence-electron chi connectivity index (χ4n) is 1.59. The van der Waals surface area contributed by atoms with Crippen LogP contribution in [0.15, 0.2) is 18.2 Å². The van der Waals surface area contributed by atoms with Gasteiger partial charge in [0, 0.05) is 6.04 Å². The highest BCUT2D eigenvalue weighted by atomic mass is 32.2. The zero-order chi connectivity index (χ0) is 14.5. The molecule has 0 fully saturated rings. The van der Waals surface area contributed by atoms with Gasteiger partial charge in [-0.05, 0) is 37.6 Å². The second kappa shape index (κ2) is 6.86. The van der Waals surface area contributed by atoms with Crippen LogP contribution in [0.1, 0.15) is 25.8 Å². The highest BCUT2D eigenvalue weighted by Gasteiger charge is 2.13. The van der Waals surface area contributed by atoms with Crippen LogP contribution in [0.5, 0.6) is 0 Å². The maximum Gasteiger partial charge on any atom is 0.232 e. The lowest BCUT2D eigenvalue weighted by Gasteiger charge is -2.11. The van der Waals surface area contributed by atoms with Crippen LogP contribution in [0.3, 0.4) is 0 Å². The van der Waals surface area contributed by atoms with Crippen LogP contribution >= 0.6 is 0 Å². The third-order valence-electron chi connectivity index (χ3n) is 2.53. The second-order valence-corrected chi connectivity index (χ2v) is 6.71. The van der Waals surface area contributed by atoms with Gasteiger partial charge in [0.15, 0.2) is 0 Å². The van der Waals surface area contributed by atoms with E-state index in [4.69, 9.17) is 0 Å². The molecule has 4 nitrogen and oxygen atoms in total. The van der Waals surface area contributed by atoms with Gasteiger partial charge in [-0.1, -0.05) is 19.9 Å². The molecule has 0 saturated carbocycles.